The van der Waals surface area contributed by atoms with Gasteiger partial charge in [0.2, 0.25) is 5.91 Å². The molecule has 0 aromatic heterocycles. The first-order chi connectivity index (χ1) is 10.0. The van der Waals surface area contributed by atoms with Gasteiger partial charge in [0, 0.05) is 24.2 Å². The Morgan fingerprint density at radius 1 is 1.48 bits per heavy atom. The Kier molecular flexibility index (Phi) is 5.20. The molecule has 0 bridgehead atoms. The van der Waals surface area contributed by atoms with Crippen molar-refractivity contribution in [3.63, 3.8) is 0 Å². The van der Waals surface area contributed by atoms with Crippen LogP contribution in [0.3, 0.4) is 0 Å². The Bertz CT molecular complexity index is 518. The molecule has 1 saturated heterocycles. The van der Waals surface area contributed by atoms with E-state index in [-0.39, 0.29) is 18.4 Å². The summed E-state index contributed by atoms with van der Waals surface area (Å²) in [4.78, 5) is 25.0. The standard InChI is InChI=1S/C15H19ClN2O3/c1-2-12(10-3-5-11(16)6-4-10)18-8-7-17-15(21)13(18)9-14(19)20/h3-6,12-13H,2,7-9H2,1H3,(H,17,21)(H,19,20). The van der Waals surface area contributed by atoms with E-state index >= 15 is 0 Å². The number of rotatable bonds is 5. The van der Waals surface area contributed by atoms with Crippen LogP contribution in [0.5, 0.6) is 0 Å². The molecule has 0 radical (unpaired) electrons. The van der Waals surface area contributed by atoms with E-state index in [1.165, 1.54) is 0 Å². The molecule has 2 N–H and O–H groups in total. The van der Waals surface area contributed by atoms with Crippen LogP contribution in [0, 0.1) is 0 Å². The lowest BCUT2D eigenvalue weighted by atomic mass is 9.98. The second-order valence-corrected chi connectivity index (χ2v) is 5.55. The minimum atomic E-state index is -0.965. The fourth-order valence-electron chi connectivity index (χ4n) is 2.83. The zero-order valence-electron chi connectivity index (χ0n) is 11.9. The molecule has 21 heavy (non-hydrogen) atoms. The highest BCUT2D eigenvalue weighted by Crippen LogP contribution is 2.29. The predicted octanol–water partition coefficient (Wildman–Crippen LogP) is 2.07. The number of hydrogen-bond acceptors (Lipinski definition) is 3. The molecular formula is C15H19ClN2O3. The number of carboxylic acids is 1. The summed E-state index contributed by atoms with van der Waals surface area (Å²) in [6.45, 7) is 3.22. The highest BCUT2D eigenvalue weighted by Gasteiger charge is 2.35. The fourth-order valence-corrected chi connectivity index (χ4v) is 2.95. The van der Waals surface area contributed by atoms with Crippen molar-refractivity contribution in [2.45, 2.75) is 31.8 Å². The number of nitrogens with one attached hydrogen (secondary N) is 1. The third kappa shape index (κ3) is 3.74. The van der Waals surface area contributed by atoms with Crippen LogP contribution in [-0.4, -0.2) is 41.0 Å². The van der Waals surface area contributed by atoms with E-state index in [9.17, 15) is 9.59 Å². The van der Waals surface area contributed by atoms with Crippen LogP contribution in [0.4, 0.5) is 0 Å². The Morgan fingerprint density at radius 3 is 2.71 bits per heavy atom. The summed E-state index contributed by atoms with van der Waals surface area (Å²) in [5.74, 6) is -1.18. The summed E-state index contributed by atoms with van der Waals surface area (Å²) in [6.07, 6.45) is 0.612. The first-order valence-corrected chi connectivity index (χ1v) is 7.41. The van der Waals surface area contributed by atoms with Gasteiger partial charge in [0.1, 0.15) is 6.04 Å². The molecule has 1 aromatic rings. The number of carboxylic acid groups (broad SMARTS) is 1. The zero-order valence-corrected chi connectivity index (χ0v) is 12.6. The van der Waals surface area contributed by atoms with Gasteiger partial charge in [-0.1, -0.05) is 30.7 Å². The normalized spacial score (nSPS) is 20.9. The molecule has 0 spiro atoms. The average Bonchev–Trinajstić information content (AvgIpc) is 2.45. The first-order valence-electron chi connectivity index (χ1n) is 7.03. The molecule has 1 heterocycles. The second kappa shape index (κ2) is 6.91. The SMILES string of the molecule is CCC(c1ccc(Cl)cc1)N1CCNC(=O)C1CC(=O)O. The summed E-state index contributed by atoms with van der Waals surface area (Å²) in [5, 5.41) is 12.4. The lowest BCUT2D eigenvalue weighted by Crippen LogP contribution is -2.56. The molecule has 1 amide bonds. The topological polar surface area (TPSA) is 69.6 Å². The van der Waals surface area contributed by atoms with Gasteiger partial charge in [0.15, 0.2) is 0 Å². The predicted molar refractivity (Wildman–Crippen MR) is 80.2 cm³/mol. The lowest BCUT2D eigenvalue weighted by Gasteiger charge is -2.40. The van der Waals surface area contributed by atoms with Crippen LogP contribution < -0.4 is 5.32 Å². The van der Waals surface area contributed by atoms with Crippen LogP contribution in [-0.2, 0) is 9.59 Å². The maximum absolute atomic E-state index is 12.0. The minimum Gasteiger partial charge on any atom is -0.481 e. The van der Waals surface area contributed by atoms with Crippen molar-refractivity contribution < 1.29 is 14.7 Å². The Hall–Kier alpha value is -1.59. The molecule has 5 nitrogen and oxygen atoms in total. The molecule has 6 heteroatoms. The number of nitrogens with zero attached hydrogens (tertiary/aromatic N) is 1. The Morgan fingerprint density at radius 2 is 2.14 bits per heavy atom. The fraction of sp³-hybridized carbons (Fsp3) is 0.467. The molecule has 1 aromatic carbocycles. The zero-order chi connectivity index (χ0) is 15.4. The van der Waals surface area contributed by atoms with Gasteiger partial charge in [0.25, 0.3) is 0 Å². The minimum absolute atomic E-state index is 0.0117. The number of hydrogen-bond donors (Lipinski definition) is 2. The van der Waals surface area contributed by atoms with Crippen molar-refractivity contribution in [3.05, 3.63) is 34.9 Å². The maximum Gasteiger partial charge on any atom is 0.305 e. The van der Waals surface area contributed by atoms with Gasteiger partial charge in [-0.2, -0.15) is 0 Å². The number of benzene rings is 1. The van der Waals surface area contributed by atoms with Crippen molar-refractivity contribution >= 4 is 23.5 Å². The van der Waals surface area contributed by atoms with E-state index in [0.717, 1.165) is 12.0 Å². The van der Waals surface area contributed by atoms with Crippen LogP contribution in [0.1, 0.15) is 31.4 Å². The monoisotopic (exact) mass is 310 g/mol. The highest BCUT2D eigenvalue weighted by molar-refractivity contribution is 6.30. The molecular weight excluding hydrogens is 292 g/mol. The molecule has 2 rings (SSSR count). The first kappa shape index (κ1) is 15.8. The molecule has 1 aliphatic heterocycles. The maximum atomic E-state index is 12.0. The largest absolute Gasteiger partial charge is 0.481 e. The molecule has 2 atom stereocenters. The van der Waals surface area contributed by atoms with Gasteiger partial charge < -0.3 is 10.4 Å². The number of halogens is 1. The Labute approximate surface area is 128 Å². The van der Waals surface area contributed by atoms with Gasteiger partial charge in [-0.15, -0.1) is 0 Å². The summed E-state index contributed by atoms with van der Waals surface area (Å²) in [5.41, 5.74) is 1.05. The summed E-state index contributed by atoms with van der Waals surface area (Å²) in [7, 11) is 0. The summed E-state index contributed by atoms with van der Waals surface area (Å²) < 4.78 is 0. The highest BCUT2D eigenvalue weighted by atomic mass is 35.5. The van der Waals surface area contributed by atoms with Gasteiger partial charge in [-0.05, 0) is 24.1 Å². The van der Waals surface area contributed by atoms with E-state index in [4.69, 9.17) is 16.7 Å². The van der Waals surface area contributed by atoms with Gasteiger partial charge in [0.05, 0.1) is 6.42 Å². The number of carbonyl (C=O) groups is 2. The van der Waals surface area contributed by atoms with Crippen molar-refractivity contribution in [1.29, 1.82) is 0 Å². The molecule has 114 valence electrons. The quantitative estimate of drug-likeness (QED) is 0.873. The van der Waals surface area contributed by atoms with Crippen LogP contribution in [0.2, 0.25) is 5.02 Å². The van der Waals surface area contributed by atoms with E-state index in [1.54, 1.807) is 0 Å². The van der Waals surface area contributed by atoms with Crippen molar-refractivity contribution in [2.75, 3.05) is 13.1 Å². The van der Waals surface area contributed by atoms with Crippen molar-refractivity contribution in [1.82, 2.24) is 10.2 Å². The third-order valence-corrected chi connectivity index (χ3v) is 4.03. The smallest absolute Gasteiger partial charge is 0.305 e. The molecule has 2 unspecified atom stereocenters. The number of aliphatic carboxylic acids is 1. The summed E-state index contributed by atoms with van der Waals surface area (Å²) >= 11 is 5.91. The van der Waals surface area contributed by atoms with E-state index < -0.39 is 12.0 Å². The number of amides is 1. The van der Waals surface area contributed by atoms with Crippen LogP contribution in [0.15, 0.2) is 24.3 Å². The number of carbonyl (C=O) groups excluding carboxylic acids is 1. The Balaban J connectivity index is 2.27. The molecule has 1 fully saturated rings. The van der Waals surface area contributed by atoms with Gasteiger partial charge in [-0.25, -0.2) is 0 Å². The van der Waals surface area contributed by atoms with Gasteiger partial charge >= 0.3 is 5.97 Å². The van der Waals surface area contributed by atoms with E-state index in [0.29, 0.717) is 18.1 Å². The van der Waals surface area contributed by atoms with Crippen molar-refractivity contribution in [3.8, 4) is 0 Å². The van der Waals surface area contributed by atoms with Crippen LogP contribution in [0.25, 0.3) is 0 Å². The van der Waals surface area contributed by atoms with E-state index in [1.807, 2.05) is 36.1 Å². The lowest BCUT2D eigenvalue weighted by molar-refractivity contribution is -0.144. The van der Waals surface area contributed by atoms with E-state index in [2.05, 4.69) is 5.32 Å². The van der Waals surface area contributed by atoms with Crippen LogP contribution >= 0.6 is 11.6 Å². The third-order valence-electron chi connectivity index (χ3n) is 3.78. The van der Waals surface area contributed by atoms with Gasteiger partial charge in [-0.3, -0.25) is 14.5 Å². The second-order valence-electron chi connectivity index (χ2n) is 5.12. The molecule has 1 aliphatic rings. The number of piperazine rings is 1. The summed E-state index contributed by atoms with van der Waals surface area (Å²) in [6, 6.07) is 6.88. The molecule has 0 saturated carbocycles. The average molecular weight is 311 g/mol. The van der Waals surface area contributed by atoms with Crippen molar-refractivity contribution in [2.24, 2.45) is 0 Å². The molecule has 0 aliphatic carbocycles.